The van der Waals surface area contributed by atoms with Crippen LogP contribution in [0.5, 0.6) is 0 Å². The minimum absolute atomic E-state index is 0.287. The molecule has 4 aromatic heterocycles. The lowest BCUT2D eigenvalue weighted by Gasteiger charge is -2.49. The molecule has 3 atom stereocenters. The number of hydrogen-bond donors (Lipinski definition) is 0. The van der Waals surface area contributed by atoms with Gasteiger partial charge in [-0.25, -0.2) is 0 Å². The van der Waals surface area contributed by atoms with Crippen molar-refractivity contribution in [3.05, 3.63) is 151 Å². The van der Waals surface area contributed by atoms with E-state index < -0.39 is 0 Å². The number of furan rings is 1. The van der Waals surface area contributed by atoms with Crippen LogP contribution in [-0.2, 0) is 5.41 Å². The van der Waals surface area contributed by atoms with Crippen molar-refractivity contribution >= 4 is 65.6 Å². The van der Waals surface area contributed by atoms with E-state index in [1.807, 2.05) is 18.5 Å². The molecule has 4 nitrogen and oxygen atoms in total. The summed E-state index contributed by atoms with van der Waals surface area (Å²) in [6, 6.07) is 49.1. The average molecular weight is 726 g/mol. The van der Waals surface area contributed by atoms with E-state index in [1.165, 1.54) is 88.6 Å². The Morgan fingerprint density at radius 2 is 1.32 bits per heavy atom. The topological polar surface area (TPSA) is 35.9 Å². The van der Waals surface area contributed by atoms with Crippen LogP contribution in [0.15, 0.2) is 150 Å². The fraction of sp³-hybridized carbons (Fsp3) is 0.212. The SMILES string of the molecule is CCC1CC2CCCC(c3ccc4c5ccccc5n(-c5cncc(-n6c7ccccc7c7cc(-c8cccc9c8oc8ccccc89)ccc76)c5)c4c3)(C1)C2. The fourth-order valence-corrected chi connectivity index (χ4v) is 11.3. The molecule has 2 fully saturated rings. The molecule has 2 bridgehead atoms. The van der Waals surface area contributed by atoms with Gasteiger partial charge in [0.25, 0.3) is 0 Å². The number of pyridine rings is 1. The highest BCUT2D eigenvalue weighted by molar-refractivity contribution is 6.13. The first-order valence-electron chi connectivity index (χ1n) is 20.6. The van der Waals surface area contributed by atoms with Crippen LogP contribution in [0.2, 0.25) is 0 Å². The minimum Gasteiger partial charge on any atom is -0.455 e. The van der Waals surface area contributed by atoms with E-state index in [0.29, 0.717) is 0 Å². The Morgan fingerprint density at radius 1 is 0.625 bits per heavy atom. The molecule has 2 saturated carbocycles. The standard InChI is InChI=1S/C52H43N3O/c1-2-33-25-34-11-10-24-52(29-33,30-34)36-21-22-42-40-12-3-6-17-46(40)55(49(42)27-36)38-28-37(31-53-32-38)54-47-18-7-4-13-41(47)45-26-35(20-23-48(45)54)39-15-9-16-44-43-14-5-8-19-50(43)56-51(39)44/h3-9,12-23,26-28,31-34H,2,10-11,24-25,29-30H2,1H3. The summed E-state index contributed by atoms with van der Waals surface area (Å²) >= 11 is 0. The summed E-state index contributed by atoms with van der Waals surface area (Å²) < 4.78 is 11.3. The Bertz CT molecular complexity index is 3180. The monoisotopic (exact) mass is 725 g/mol. The highest BCUT2D eigenvalue weighted by Gasteiger charge is 2.43. The van der Waals surface area contributed by atoms with E-state index in [4.69, 9.17) is 9.40 Å². The zero-order chi connectivity index (χ0) is 37.0. The molecule has 0 radical (unpaired) electrons. The maximum atomic E-state index is 6.48. The molecule has 0 aliphatic heterocycles. The maximum absolute atomic E-state index is 6.48. The van der Waals surface area contributed by atoms with Gasteiger partial charge in [-0.15, -0.1) is 0 Å². The van der Waals surface area contributed by atoms with Gasteiger partial charge in [-0.1, -0.05) is 117 Å². The highest BCUT2D eigenvalue weighted by Crippen LogP contribution is 2.54. The van der Waals surface area contributed by atoms with Gasteiger partial charge >= 0.3 is 0 Å². The molecule has 0 amide bonds. The first-order chi connectivity index (χ1) is 27.7. The smallest absolute Gasteiger partial charge is 0.143 e. The van der Waals surface area contributed by atoms with Gasteiger partial charge in [-0.2, -0.15) is 0 Å². The fourth-order valence-electron chi connectivity index (χ4n) is 11.3. The Balaban J connectivity index is 1.03. The van der Waals surface area contributed by atoms with Gasteiger partial charge in [0.1, 0.15) is 11.2 Å². The third-order valence-electron chi connectivity index (χ3n) is 13.8. The quantitative estimate of drug-likeness (QED) is 0.177. The molecule has 2 aliphatic carbocycles. The zero-order valence-electron chi connectivity index (χ0n) is 31.7. The predicted octanol–water partition coefficient (Wildman–Crippen LogP) is 14.1. The molecular weight excluding hydrogens is 683 g/mol. The Morgan fingerprint density at radius 3 is 2.14 bits per heavy atom. The number of aromatic nitrogens is 3. The summed E-state index contributed by atoms with van der Waals surface area (Å²) in [5.74, 6) is 1.70. The van der Waals surface area contributed by atoms with Crippen LogP contribution in [-0.4, -0.2) is 14.1 Å². The van der Waals surface area contributed by atoms with E-state index in [1.54, 1.807) is 0 Å². The molecule has 3 unspecified atom stereocenters. The third-order valence-corrected chi connectivity index (χ3v) is 13.8. The Labute approximate surface area is 326 Å². The van der Waals surface area contributed by atoms with Crippen molar-refractivity contribution in [2.24, 2.45) is 11.8 Å². The van der Waals surface area contributed by atoms with Gasteiger partial charge in [0.2, 0.25) is 0 Å². The average Bonchev–Trinajstić information content (AvgIpc) is 3.91. The van der Waals surface area contributed by atoms with Crippen molar-refractivity contribution < 1.29 is 4.42 Å². The van der Waals surface area contributed by atoms with Crippen molar-refractivity contribution in [1.29, 1.82) is 0 Å². The molecule has 4 heterocycles. The minimum atomic E-state index is 0.287. The molecule has 56 heavy (non-hydrogen) atoms. The van der Waals surface area contributed by atoms with E-state index in [0.717, 1.165) is 61.8 Å². The van der Waals surface area contributed by atoms with Gasteiger partial charge in [0.05, 0.1) is 45.8 Å². The number of rotatable bonds is 5. The van der Waals surface area contributed by atoms with Crippen LogP contribution in [0, 0.1) is 11.8 Å². The van der Waals surface area contributed by atoms with Gasteiger partial charge in [0.15, 0.2) is 0 Å². The lowest BCUT2D eigenvalue weighted by molar-refractivity contribution is 0.101. The van der Waals surface area contributed by atoms with Gasteiger partial charge < -0.3 is 13.6 Å². The first kappa shape index (κ1) is 32.1. The molecule has 0 spiro atoms. The van der Waals surface area contributed by atoms with E-state index in [-0.39, 0.29) is 5.41 Å². The van der Waals surface area contributed by atoms with Crippen LogP contribution >= 0.6 is 0 Å². The number of fused-ring (bicyclic) bond motifs is 11. The van der Waals surface area contributed by atoms with Crippen molar-refractivity contribution in [1.82, 2.24) is 14.1 Å². The first-order valence-corrected chi connectivity index (χ1v) is 20.6. The molecule has 6 aromatic carbocycles. The largest absolute Gasteiger partial charge is 0.455 e. The summed E-state index contributed by atoms with van der Waals surface area (Å²) in [4.78, 5) is 4.97. The van der Waals surface area contributed by atoms with Gasteiger partial charge in [-0.05, 0) is 96.5 Å². The molecule has 2 aliphatic rings. The second-order valence-electron chi connectivity index (χ2n) is 16.8. The predicted molar refractivity (Wildman–Crippen MR) is 232 cm³/mol. The maximum Gasteiger partial charge on any atom is 0.143 e. The van der Waals surface area contributed by atoms with Crippen molar-refractivity contribution in [2.45, 2.75) is 57.3 Å². The normalized spacial score (nSPS) is 19.9. The second-order valence-corrected chi connectivity index (χ2v) is 16.8. The van der Waals surface area contributed by atoms with E-state index in [9.17, 15) is 0 Å². The lowest BCUT2D eigenvalue weighted by Crippen LogP contribution is -2.40. The number of benzene rings is 6. The van der Waals surface area contributed by atoms with Crippen LogP contribution in [0.25, 0.3) is 88.1 Å². The molecule has 12 rings (SSSR count). The zero-order valence-corrected chi connectivity index (χ0v) is 31.7. The third kappa shape index (κ3) is 4.68. The van der Waals surface area contributed by atoms with Crippen molar-refractivity contribution in [2.75, 3.05) is 0 Å². The summed E-state index contributed by atoms with van der Waals surface area (Å²) in [5, 5.41) is 7.32. The number of hydrogen-bond acceptors (Lipinski definition) is 2. The summed E-state index contributed by atoms with van der Waals surface area (Å²) in [7, 11) is 0. The summed E-state index contributed by atoms with van der Waals surface area (Å²) in [6.45, 7) is 2.40. The Hall–Kier alpha value is -6.13. The highest BCUT2D eigenvalue weighted by atomic mass is 16.3. The van der Waals surface area contributed by atoms with Crippen LogP contribution in [0.4, 0.5) is 0 Å². The lowest BCUT2D eigenvalue weighted by atomic mass is 9.56. The molecule has 272 valence electrons. The molecular formula is C52H43N3O. The van der Waals surface area contributed by atoms with Gasteiger partial charge in [-0.3, -0.25) is 4.98 Å². The van der Waals surface area contributed by atoms with E-state index in [2.05, 4.69) is 143 Å². The van der Waals surface area contributed by atoms with Gasteiger partial charge in [0, 0.05) is 37.9 Å². The summed E-state index contributed by atoms with van der Waals surface area (Å²) in [6.07, 6.45) is 13.5. The summed E-state index contributed by atoms with van der Waals surface area (Å²) in [5.41, 5.74) is 12.9. The van der Waals surface area contributed by atoms with Crippen LogP contribution in [0.3, 0.4) is 0 Å². The molecule has 0 saturated heterocycles. The van der Waals surface area contributed by atoms with Crippen molar-refractivity contribution in [3.8, 4) is 22.5 Å². The second kappa shape index (κ2) is 12.2. The number of para-hydroxylation sites is 4. The molecule has 4 heteroatoms. The molecule has 10 aromatic rings. The molecule has 0 N–H and O–H groups in total. The number of nitrogens with zero attached hydrogens (tertiary/aromatic N) is 3. The van der Waals surface area contributed by atoms with E-state index >= 15 is 0 Å². The Kier molecular flexibility index (Phi) is 6.99. The van der Waals surface area contributed by atoms with Crippen LogP contribution < -0.4 is 0 Å². The van der Waals surface area contributed by atoms with Crippen LogP contribution in [0.1, 0.15) is 57.4 Å². The van der Waals surface area contributed by atoms with Crippen molar-refractivity contribution in [3.63, 3.8) is 0 Å².